The van der Waals surface area contributed by atoms with Crippen LogP contribution < -0.4 is 0 Å². The van der Waals surface area contributed by atoms with E-state index < -0.39 is 0 Å². The zero-order valence-corrected chi connectivity index (χ0v) is 15.8. The SMILES string of the molecule is CC(=O)CCCCCCCCCCCCCCCCCC(C)=O. The Morgan fingerprint density at radius 2 is 0.565 bits per heavy atom. The van der Waals surface area contributed by atoms with Crippen LogP contribution in [0.4, 0.5) is 0 Å². The Balaban J connectivity index is 3.00. The minimum absolute atomic E-state index is 0.334. The summed E-state index contributed by atoms with van der Waals surface area (Å²) in [5.41, 5.74) is 0. The summed E-state index contributed by atoms with van der Waals surface area (Å²) in [6.45, 7) is 3.38. The van der Waals surface area contributed by atoms with Gasteiger partial charge < -0.3 is 9.59 Å². The van der Waals surface area contributed by atoms with Gasteiger partial charge in [0.05, 0.1) is 0 Å². The molecule has 0 unspecified atom stereocenters. The molecule has 0 saturated carbocycles. The number of ketones is 2. The van der Waals surface area contributed by atoms with E-state index >= 15 is 0 Å². The molecule has 0 aromatic rings. The molecule has 0 aliphatic heterocycles. The molecule has 0 bridgehead atoms. The standard InChI is InChI=1S/C21H40O2/c1-20(22)18-16-14-12-10-8-6-4-3-5-7-9-11-13-15-17-19-21(2)23/h3-19H2,1-2H3. The summed E-state index contributed by atoms with van der Waals surface area (Å²) in [5.74, 6) is 0.669. The highest BCUT2D eigenvalue weighted by atomic mass is 16.1. The summed E-state index contributed by atoms with van der Waals surface area (Å²) in [7, 11) is 0. The second-order valence-corrected chi connectivity index (χ2v) is 7.21. The van der Waals surface area contributed by atoms with Crippen molar-refractivity contribution in [2.75, 3.05) is 0 Å². The van der Waals surface area contributed by atoms with Gasteiger partial charge in [-0.1, -0.05) is 83.5 Å². The number of hydrogen-bond donors (Lipinski definition) is 0. The first-order chi connectivity index (χ1) is 11.1. The zero-order chi connectivity index (χ0) is 17.2. The number of hydrogen-bond acceptors (Lipinski definition) is 2. The number of carbonyl (C=O) groups is 2. The molecule has 0 amide bonds. The summed E-state index contributed by atoms with van der Waals surface area (Å²) in [4.78, 5) is 21.6. The lowest BCUT2D eigenvalue weighted by molar-refractivity contribution is -0.117. The Morgan fingerprint density at radius 1 is 0.391 bits per heavy atom. The normalized spacial score (nSPS) is 10.9. The lowest BCUT2D eigenvalue weighted by atomic mass is 10.0. The van der Waals surface area contributed by atoms with Gasteiger partial charge in [-0.25, -0.2) is 0 Å². The van der Waals surface area contributed by atoms with Gasteiger partial charge in [0.15, 0.2) is 0 Å². The van der Waals surface area contributed by atoms with E-state index in [4.69, 9.17) is 0 Å². The molecule has 0 fully saturated rings. The number of Topliss-reactive ketones (excluding diaryl/α,β-unsaturated/α-hetero) is 2. The van der Waals surface area contributed by atoms with E-state index in [1.54, 1.807) is 13.8 Å². The monoisotopic (exact) mass is 324 g/mol. The van der Waals surface area contributed by atoms with E-state index in [2.05, 4.69) is 0 Å². The molecule has 0 aromatic heterocycles. The van der Waals surface area contributed by atoms with Crippen LogP contribution in [0.5, 0.6) is 0 Å². The van der Waals surface area contributed by atoms with Crippen molar-refractivity contribution in [1.82, 2.24) is 0 Å². The first kappa shape index (κ1) is 22.3. The fraction of sp³-hybridized carbons (Fsp3) is 0.905. The first-order valence-corrected chi connectivity index (χ1v) is 10.1. The minimum atomic E-state index is 0.334. The maximum atomic E-state index is 10.8. The molecule has 2 heteroatoms. The third-order valence-corrected chi connectivity index (χ3v) is 4.56. The molecule has 0 aliphatic carbocycles. The summed E-state index contributed by atoms with van der Waals surface area (Å²) in [6, 6.07) is 0. The van der Waals surface area contributed by atoms with Crippen molar-refractivity contribution in [3.8, 4) is 0 Å². The Labute approximate surface area is 144 Å². The van der Waals surface area contributed by atoms with Crippen LogP contribution >= 0.6 is 0 Å². The average Bonchev–Trinajstić information content (AvgIpc) is 2.49. The molecule has 0 rings (SSSR count). The molecule has 0 spiro atoms. The molecule has 0 heterocycles. The van der Waals surface area contributed by atoms with Crippen LogP contribution in [0.2, 0.25) is 0 Å². The van der Waals surface area contributed by atoms with E-state index in [9.17, 15) is 9.59 Å². The average molecular weight is 325 g/mol. The van der Waals surface area contributed by atoms with Crippen LogP contribution in [0.15, 0.2) is 0 Å². The van der Waals surface area contributed by atoms with Gasteiger partial charge in [0.25, 0.3) is 0 Å². The van der Waals surface area contributed by atoms with Crippen molar-refractivity contribution < 1.29 is 9.59 Å². The fourth-order valence-corrected chi connectivity index (χ4v) is 3.05. The minimum Gasteiger partial charge on any atom is -0.300 e. The van der Waals surface area contributed by atoms with Gasteiger partial charge in [-0.15, -0.1) is 0 Å². The van der Waals surface area contributed by atoms with Gasteiger partial charge in [-0.05, 0) is 26.7 Å². The van der Waals surface area contributed by atoms with Crippen molar-refractivity contribution in [2.45, 2.75) is 123 Å². The quantitative estimate of drug-likeness (QED) is 0.260. The summed E-state index contributed by atoms with van der Waals surface area (Å²) < 4.78 is 0. The van der Waals surface area contributed by atoms with Crippen LogP contribution in [-0.4, -0.2) is 11.6 Å². The van der Waals surface area contributed by atoms with Crippen LogP contribution in [0.3, 0.4) is 0 Å². The second kappa shape index (κ2) is 17.7. The molecule has 23 heavy (non-hydrogen) atoms. The van der Waals surface area contributed by atoms with Crippen LogP contribution in [0.25, 0.3) is 0 Å². The lowest BCUT2D eigenvalue weighted by Crippen LogP contribution is -1.89. The highest BCUT2D eigenvalue weighted by Gasteiger charge is 1.96. The van der Waals surface area contributed by atoms with Crippen molar-refractivity contribution in [3.05, 3.63) is 0 Å². The zero-order valence-electron chi connectivity index (χ0n) is 15.8. The maximum Gasteiger partial charge on any atom is 0.129 e. The van der Waals surface area contributed by atoms with Crippen LogP contribution in [-0.2, 0) is 9.59 Å². The van der Waals surface area contributed by atoms with Gasteiger partial charge in [0, 0.05) is 12.8 Å². The van der Waals surface area contributed by atoms with Crippen LogP contribution in [0, 0.1) is 0 Å². The van der Waals surface area contributed by atoms with Gasteiger partial charge >= 0.3 is 0 Å². The smallest absolute Gasteiger partial charge is 0.129 e. The fourth-order valence-electron chi connectivity index (χ4n) is 3.05. The van der Waals surface area contributed by atoms with E-state index in [1.165, 1.54) is 83.5 Å². The summed E-state index contributed by atoms with van der Waals surface area (Å²) >= 11 is 0. The van der Waals surface area contributed by atoms with E-state index in [0.717, 1.165) is 25.7 Å². The number of rotatable bonds is 18. The van der Waals surface area contributed by atoms with Crippen LogP contribution in [0.1, 0.15) is 123 Å². The van der Waals surface area contributed by atoms with Crippen molar-refractivity contribution in [2.24, 2.45) is 0 Å². The van der Waals surface area contributed by atoms with Gasteiger partial charge in [-0.2, -0.15) is 0 Å². The predicted molar refractivity (Wildman–Crippen MR) is 99.9 cm³/mol. The molecule has 0 atom stereocenters. The van der Waals surface area contributed by atoms with Gasteiger partial charge in [0.2, 0.25) is 0 Å². The second-order valence-electron chi connectivity index (χ2n) is 7.21. The van der Waals surface area contributed by atoms with Gasteiger partial charge in [0.1, 0.15) is 11.6 Å². The molecule has 0 aromatic carbocycles. The highest BCUT2D eigenvalue weighted by Crippen LogP contribution is 2.14. The first-order valence-electron chi connectivity index (χ1n) is 10.1. The third-order valence-electron chi connectivity index (χ3n) is 4.56. The molecule has 0 N–H and O–H groups in total. The molecule has 0 saturated heterocycles. The third kappa shape index (κ3) is 21.3. The Hall–Kier alpha value is -0.660. The maximum absolute atomic E-state index is 10.8. The summed E-state index contributed by atoms with van der Waals surface area (Å²) in [6.07, 6.45) is 21.2. The largest absolute Gasteiger partial charge is 0.300 e. The van der Waals surface area contributed by atoms with E-state index in [-0.39, 0.29) is 0 Å². The predicted octanol–water partition coefficient (Wildman–Crippen LogP) is 6.80. The molecular weight excluding hydrogens is 284 g/mol. The lowest BCUT2D eigenvalue weighted by Gasteiger charge is -2.03. The van der Waals surface area contributed by atoms with E-state index in [0.29, 0.717) is 11.6 Å². The topological polar surface area (TPSA) is 34.1 Å². The van der Waals surface area contributed by atoms with Crippen molar-refractivity contribution >= 4 is 11.6 Å². The molecule has 0 aliphatic rings. The van der Waals surface area contributed by atoms with Crippen molar-refractivity contribution in [1.29, 1.82) is 0 Å². The summed E-state index contributed by atoms with van der Waals surface area (Å²) in [5, 5.41) is 0. The number of carbonyl (C=O) groups excluding carboxylic acids is 2. The Bertz CT molecular complexity index is 256. The molecule has 2 nitrogen and oxygen atoms in total. The molecular formula is C21H40O2. The molecule has 136 valence electrons. The van der Waals surface area contributed by atoms with E-state index in [1.807, 2.05) is 0 Å². The van der Waals surface area contributed by atoms with Crippen molar-refractivity contribution in [3.63, 3.8) is 0 Å². The van der Waals surface area contributed by atoms with Gasteiger partial charge in [-0.3, -0.25) is 0 Å². The number of unbranched alkanes of at least 4 members (excludes halogenated alkanes) is 14. The Kier molecular flexibility index (Phi) is 17.2. The molecule has 0 radical (unpaired) electrons. The Morgan fingerprint density at radius 3 is 0.739 bits per heavy atom. The highest BCUT2D eigenvalue weighted by molar-refractivity contribution is 5.75.